The summed E-state index contributed by atoms with van der Waals surface area (Å²) in [6.07, 6.45) is 10.2. The first kappa shape index (κ1) is 41.6. The summed E-state index contributed by atoms with van der Waals surface area (Å²) in [5.74, 6) is 0.817. The van der Waals surface area contributed by atoms with E-state index in [9.17, 15) is 19.8 Å². The fraction of sp³-hybridized carbons (Fsp3) is 0.381. The molecule has 4 aromatic heterocycles. The van der Waals surface area contributed by atoms with Crippen LogP contribution in [-0.2, 0) is 22.3 Å². The highest BCUT2D eigenvalue weighted by molar-refractivity contribution is 6.30. The summed E-state index contributed by atoms with van der Waals surface area (Å²) in [6, 6.07) is 7.72. The molecule has 6 aromatic rings. The molecule has 20 heteroatoms. The molecule has 2 atom stereocenters. The van der Waals surface area contributed by atoms with Gasteiger partial charge in [-0.1, -0.05) is 23.2 Å². The monoisotopic (exact) mass is 886 g/mol. The van der Waals surface area contributed by atoms with Gasteiger partial charge in [-0.25, -0.2) is 19.0 Å². The molecule has 0 radical (unpaired) electrons. The largest absolute Gasteiger partial charge is 0.484 e. The molecule has 0 saturated carbocycles. The van der Waals surface area contributed by atoms with Crippen molar-refractivity contribution in [2.24, 2.45) is 0 Å². The van der Waals surface area contributed by atoms with Gasteiger partial charge in [-0.15, -0.1) is 0 Å². The first-order valence-electron chi connectivity index (χ1n) is 20.1. The lowest BCUT2D eigenvalue weighted by atomic mass is 9.99. The standard InChI is InChI=1S/2C21H22ClN5O4/c2*1-21(12-28)8-13-6-16(17(7-18(13)31-21)26-2-4-30-5-3-26)25-20(29)15-10-24-27-11-14(22)9-23-19(15)27/h2*6-7,9-11,28H,2-5,8,12H2,1H3,(H,25,29)/t2*21-/m10/s1. The van der Waals surface area contributed by atoms with Gasteiger partial charge in [0.2, 0.25) is 0 Å². The first-order chi connectivity index (χ1) is 29.9. The summed E-state index contributed by atoms with van der Waals surface area (Å²) in [5, 5.41) is 34.7. The molecule has 0 bridgehead atoms. The van der Waals surface area contributed by atoms with Gasteiger partial charge in [0.25, 0.3) is 11.8 Å². The third kappa shape index (κ3) is 8.28. The number of carbonyl (C=O) groups excluding carboxylic acids is 2. The predicted octanol–water partition coefficient (Wildman–Crippen LogP) is 4.32. The number of rotatable bonds is 8. The van der Waals surface area contributed by atoms with Gasteiger partial charge in [-0.05, 0) is 26.0 Å². The fourth-order valence-electron chi connectivity index (χ4n) is 8.01. The number of morpholine rings is 2. The number of nitrogens with one attached hydrogen (secondary N) is 2. The Morgan fingerprint density at radius 2 is 1.06 bits per heavy atom. The molecule has 0 aliphatic carbocycles. The quantitative estimate of drug-likeness (QED) is 0.168. The van der Waals surface area contributed by atoms with Gasteiger partial charge >= 0.3 is 0 Å². The molecule has 4 N–H and O–H groups in total. The molecule has 324 valence electrons. The Balaban J connectivity index is 0.000000158. The summed E-state index contributed by atoms with van der Waals surface area (Å²) < 4.78 is 25.9. The van der Waals surface area contributed by atoms with Gasteiger partial charge in [0, 0.05) is 74.7 Å². The summed E-state index contributed by atoms with van der Waals surface area (Å²) >= 11 is 11.9. The van der Waals surface area contributed by atoms with E-state index in [0.717, 1.165) is 34.0 Å². The third-order valence-electron chi connectivity index (χ3n) is 11.2. The lowest BCUT2D eigenvalue weighted by Crippen LogP contribution is -2.36. The van der Waals surface area contributed by atoms with Crippen LogP contribution in [0, 0.1) is 0 Å². The molecule has 2 aromatic carbocycles. The second kappa shape index (κ2) is 16.8. The summed E-state index contributed by atoms with van der Waals surface area (Å²) in [5.41, 5.74) is 5.13. The normalized spacial score (nSPS) is 20.5. The van der Waals surface area contributed by atoms with Crippen molar-refractivity contribution in [3.05, 3.63) is 93.7 Å². The molecule has 2 saturated heterocycles. The third-order valence-corrected chi connectivity index (χ3v) is 11.6. The zero-order valence-corrected chi connectivity index (χ0v) is 35.4. The van der Waals surface area contributed by atoms with Crippen LogP contribution in [0.3, 0.4) is 0 Å². The van der Waals surface area contributed by atoms with Crippen LogP contribution in [0.4, 0.5) is 22.7 Å². The van der Waals surface area contributed by atoms with Gasteiger partial charge in [0.15, 0.2) is 11.3 Å². The average Bonchev–Trinajstić information content (AvgIpc) is 4.06. The predicted molar refractivity (Wildman–Crippen MR) is 230 cm³/mol. The number of aromatic nitrogens is 6. The number of nitrogens with zero attached hydrogens (tertiary/aromatic N) is 8. The van der Waals surface area contributed by atoms with Crippen molar-refractivity contribution in [1.82, 2.24) is 29.2 Å². The minimum absolute atomic E-state index is 0.0904. The fourth-order valence-corrected chi connectivity index (χ4v) is 8.30. The minimum Gasteiger partial charge on any atom is -0.484 e. The summed E-state index contributed by atoms with van der Waals surface area (Å²) in [7, 11) is 0. The topological polar surface area (TPSA) is 202 Å². The molecule has 4 aliphatic heterocycles. The molecule has 0 unspecified atom stereocenters. The maximum Gasteiger partial charge on any atom is 0.261 e. The molecular formula is C42H44Cl2N10O8. The van der Waals surface area contributed by atoms with Crippen LogP contribution in [0.25, 0.3) is 11.3 Å². The van der Waals surface area contributed by atoms with E-state index in [4.69, 9.17) is 42.1 Å². The SMILES string of the molecule is C[C@@]1(CO)Cc2cc(NC(=O)c3cnn4cc(Cl)cnc34)c(N3CCOCC3)cc2O1.C[C@]1(CO)Cc2cc(NC(=O)c3cnn4cc(Cl)cnc34)c(N3CCOCC3)cc2O1. The number of carbonyl (C=O) groups is 2. The van der Waals surface area contributed by atoms with Crippen molar-refractivity contribution in [1.29, 1.82) is 0 Å². The van der Waals surface area contributed by atoms with Gasteiger partial charge in [0.1, 0.15) is 33.8 Å². The average molecular weight is 888 g/mol. The maximum absolute atomic E-state index is 13.1. The van der Waals surface area contributed by atoms with E-state index in [1.165, 1.54) is 33.8 Å². The van der Waals surface area contributed by atoms with Gasteiger partial charge in [-0.2, -0.15) is 10.2 Å². The Morgan fingerprint density at radius 1 is 0.661 bits per heavy atom. The highest BCUT2D eigenvalue weighted by Gasteiger charge is 2.37. The lowest BCUT2D eigenvalue weighted by Gasteiger charge is -2.31. The van der Waals surface area contributed by atoms with Gasteiger partial charge in [0.05, 0.1) is 97.2 Å². The van der Waals surface area contributed by atoms with E-state index in [0.29, 0.717) is 109 Å². The van der Waals surface area contributed by atoms with Crippen LogP contribution in [0.2, 0.25) is 10.0 Å². The minimum atomic E-state index is -0.668. The molecule has 8 heterocycles. The van der Waals surface area contributed by atoms with Crippen LogP contribution in [0.15, 0.2) is 61.4 Å². The number of halogens is 2. The van der Waals surface area contributed by atoms with Crippen LogP contribution in [0.1, 0.15) is 45.7 Å². The maximum atomic E-state index is 13.1. The Kier molecular flexibility index (Phi) is 11.3. The Labute approximate surface area is 365 Å². The number of anilines is 4. The summed E-state index contributed by atoms with van der Waals surface area (Å²) in [4.78, 5) is 39.1. The van der Waals surface area contributed by atoms with Crippen LogP contribution < -0.4 is 29.9 Å². The molecule has 2 amide bonds. The second-order valence-corrected chi connectivity index (χ2v) is 16.9. The number of amides is 2. The van der Waals surface area contributed by atoms with E-state index < -0.39 is 11.2 Å². The highest BCUT2D eigenvalue weighted by Crippen LogP contribution is 2.43. The molecular weight excluding hydrogens is 843 g/mol. The number of hydrogen-bond acceptors (Lipinski definition) is 14. The molecule has 18 nitrogen and oxygen atoms in total. The van der Waals surface area contributed by atoms with E-state index in [-0.39, 0.29) is 25.0 Å². The van der Waals surface area contributed by atoms with E-state index >= 15 is 0 Å². The van der Waals surface area contributed by atoms with E-state index in [1.54, 1.807) is 12.4 Å². The Morgan fingerprint density at radius 3 is 1.45 bits per heavy atom. The first-order valence-corrected chi connectivity index (χ1v) is 20.9. The summed E-state index contributed by atoms with van der Waals surface area (Å²) in [6.45, 7) is 8.81. The zero-order chi connectivity index (χ0) is 43.2. The van der Waals surface area contributed by atoms with Crippen molar-refractivity contribution < 1.29 is 38.7 Å². The van der Waals surface area contributed by atoms with Crippen molar-refractivity contribution in [3.63, 3.8) is 0 Å². The van der Waals surface area contributed by atoms with Crippen molar-refractivity contribution in [2.75, 3.05) is 86.3 Å². The number of aliphatic hydroxyl groups is 2. The molecule has 62 heavy (non-hydrogen) atoms. The van der Waals surface area contributed by atoms with Crippen LogP contribution in [0.5, 0.6) is 11.5 Å². The number of fused-ring (bicyclic) bond motifs is 4. The molecule has 10 rings (SSSR count). The zero-order valence-electron chi connectivity index (χ0n) is 33.9. The van der Waals surface area contributed by atoms with Crippen molar-refractivity contribution in [2.45, 2.75) is 37.9 Å². The number of ether oxygens (including phenoxy) is 4. The van der Waals surface area contributed by atoms with Gasteiger partial charge in [-0.3, -0.25) is 9.59 Å². The number of aliphatic hydroxyl groups excluding tert-OH is 2. The van der Waals surface area contributed by atoms with Crippen molar-refractivity contribution in [3.8, 4) is 11.5 Å². The van der Waals surface area contributed by atoms with Crippen LogP contribution >= 0.6 is 23.2 Å². The van der Waals surface area contributed by atoms with Crippen molar-refractivity contribution >= 4 is 69.1 Å². The Hall–Kier alpha value is -5.76. The number of hydrogen-bond donors (Lipinski definition) is 4. The highest BCUT2D eigenvalue weighted by atomic mass is 35.5. The smallest absolute Gasteiger partial charge is 0.261 e. The molecule has 0 spiro atoms. The molecule has 4 aliphatic rings. The second-order valence-electron chi connectivity index (χ2n) is 16.0. The number of benzene rings is 2. The molecule has 2 fully saturated rings. The van der Waals surface area contributed by atoms with Crippen LogP contribution in [-0.4, -0.2) is 128 Å². The van der Waals surface area contributed by atoms with E-state index in [2.05, 4.69) is 40.6 Å². The van der Waals surface area contributed by atoms with E-state index in [1.807, 2.05) is 38.1 Å². The van der Waals surface area contributed by atoms with Gasteiger partial charge < -0.3 is 49.6 Å². The Bertz CT molecular complexity index is 2500. The lowest BCUT2D eigenvalue weighted by molar-refractivity contribution is 0.0446.